The number of hydrogen-bond donors (Lipinski definition) is 2. The molecule has 0 aliphatic rings. The molecule has 0 bridgehead atoms. The summed E-state index contributed by atoms with van der Waals surface area (Å²) >= 11 is 6.02. The van der Waals surface area contributed by atoms with E-state index in [2.05, 4.69) is 15.3 Å². The number of carbonyl (C=O) groups excluding carboxylic acids is 1. The number of nitrogens with zero attached hydrogens (tertiary/aromatic N) is 2. The van der Waals surface area contributed by atoms with Crippen LogP contribution in [0.15, 0.2) is 29.2 Å². The first-order valence-corrected chi connectivity index (χ1v) is 8.93. The van der Waals surface area contributed by atoms with Gasteiger partial charge in [0, 0.05) is 6.26 Å². The number of benzene rings is 1. The fraction of sp³-hybridized carbons (Fsp3) is 0.214. The average molecular weight is 355 g/mol. The van der Waals surface area contributed by atoms with Gasteiger partial charge in [-0.2, -0.15) is 0 Å². The van der Waals surface area contributed by atoms with Crippen molar-refractivity contribution in [1.29, 1.82) is 0 Å². The zero-order valence-electron chi connectivity index (χ0n) is 12.5. The SMILES string of the molecule is CCc1nc(C(N)=O)c(Nc2ccccc2S(C)(=O)=O)nc1Cl. The molecule has 2 aromatic rings. The molecule has 0 saturated heterocycles. The maximum atomic E-state index is 11.8. The minimum absolute atomic E-state index is 0.0100. The highest BCUT2D eigenvalue weighted by Crippen LogP contribution is 2.26. The molecule has 23 heavy (non-hydrogen) atoms. The second-order valence-electron chi connectivity index (χ2n) is 4.77. The number of rotatable bonds is 5. The van der Waals surface area contributed by atoms with Crippen LogP contribution in [-0.4, -0.2) is 30.5 Å². The minimum Gasteiger partial charge on any atom is -0.364 e. The number of nitrogens with two attached hydrogens (primary N) is 1. The van der Waals surface area contributed by atoms with Crippen molar-refractivity contribution in [2.45, 2.75) is 18.2 Å². The highest BCUT2D eigenvalue weighted by atomic mass is 35.5. The molecule has 9 heteroatoms. The summed E-state index contributed by atoms with van der Waals surface area (Å²) < 4.78 is 23.7. The van der Waals surface area contributed by atoms with Gasteiger partial charge in [-0.25, -0.2) is 18.4 Å². The molecule has 1 heterocycles. The van der Waals surface area contributed by atoms with Crippen LogP contribution in [0, 0.1) is 0 Å². The molecule has 0 fully saturated rings. The molecular weight excluding hydrogens is 340 g/mol. The Kier molecular flexibility index (Phi) is 4.86. The number of amides is 1. The van der Waals surface area contributed by atoms with Crippen molar-refractivity contribution >= 4 is 38.9 Å². The Hall–Kier alpha value is -2.19. The number of para-hydroxylation sites is 1. The third-order valence-corrected chi connectivity index (χ3v) is 4.48. The summed E-state index contributed by atoms with van der Waals surface area (Å²) in [7, 11) is -3.47. The second-order valence-corrected chi connectivity index (χ2v) is 7.11. The lowest BCUT2D eigenvalue weighted by atomic mass is 10.3. The lowest BCUT2D eigenvalue weighted by Gasteiger charge is -2.13. The van der Waals surface area contributed by atoms with Gasteiger partial charge in [-0.15, -0.1) is 0 Å². The van der Waals surface area contributed by atoms with Gasteiger partial charge in [0.2, 0.25) is 0 Å². The Morgan fingerprint density at radius 3 is 2.52 bits per heavy atom. The molecular formula is C14H15ClN4O3S. The summed E-state index contributed by atoms with van der Waals surface area (Å²) in [6.07, 6.45) is 1.56. The molecule has 0 spiro atoms. The van der Waals surface area contributed by atoms with E-state index in [9.17, 15) is 13.2 Å². The zero-order chi connectivity index (χ0) is 17.2. The van der Waals surface area contributed by atoms with E-state index >= 15 is 0 Å². The molecule has 1 amide bonds. The predicted molar refractivity (Wildman–Crippen MR) is 87.8 cm³/mol. The number of sulfone groups is 1. The van der Waals surface area contributed by atoms with Gasteiger partial charge in [-0.3, -0.25) is 4.79 Å². The van der Waals surface area contributed by atoms with Crippen LogP contribution in [0.1, 0.15) is 23.1 Å². The number of nitrogens with one attached hydrogen (secondary N) is 1. The fourth-order valence-electron chi connectivity index (χ4n) is 1.95. The molecule has 0 unspecified atom stereocenters. The predicted octanol–water partition coefficient (Wildman–Crippen LogP) is 1.94. The van der Waals surface area contributed by atoms with Gasteiger partial charge in [0.25, 0.3) is 5.91 Å². The fourth-order valence-corrected chi connectivity index (χ4v) is 3.06. The van der Waals surface area contributed by atoms with Crippen molar-refractivity contribution in [2.24, 2.45) is 5.73 Å². The second kappa shape index (κ2) is 6.51. The molecule has 3 N–H and O–H groups in total. The van der Waals surface area contributed by atoms with Gasteiger partial charge < -0.3 is 11.1 Å². The highest BCUT2D eigenvalue weighted by molar-refractivity contribution is 7.90. The Bertz CT molecular complexity index is 868. The number of primary amides is 1. The topological polar surface area (TPSA) is 115 Å². The van der Waals surface area contributed by atoms with Crippen LogP contribution in [0.4, 0.5) is 11.5 Å². The van der Waals surface area contributed by atoms with Crippen LogP contribution >= 0.6 is 11.6 Å². The zero-order valence-corrected chi connectivity index (χ0v) is 14.1. The normalized spacial score (nSPS) is 11.3. The van der Waals surface area contributed by atoms with E-state index in [0.717, 1.165) is 6.26 Å². The van der Waals surface area contributed by atoms with E-state index in [-0.39, 0.29) is 27.2 Å². The van der Waals surface area contributed by atoms with Gasteiger partial charge in [0.15, 0.2) is 26.5 Å². The van der Waals surface area contributed by atoms with E-state index in [0.29, 0.717) is 12.1 Å². The van der Waals surface area contributed by atoms with E-state index < -0.39 is 15.7 Å². The quantitative estimate of drug-likeness (QED) is 0.847. The van der Waals surface area contributed by atoms with E-state index in [4.69, 9.17) is 17.3 Å². The largest absolute Gasteiger partial charge is 0.364 e. The first kappa shape index (κ1) is 17.2. The van der Waals surface area contributed by atoms with Crippen molar-refractivity contribution in [3.63, 3.8) is 0 Å². The van der Waals surface area contributed by atoms with Crippen LogP contribution in [0.3, 0.4) is 0 Å². The van der Waals surface area contributed by atoms with Crippen LogP contribution in [-0.2, 0) is 16.3 Å². The van der Waals surface area contributed by atoms with E-state index in [1.54, 1.807) is 18.2 Å². The number of aromatic nitrogens is 2. The third-order valence-electron chi connectivity index (χ3n) is 3.03. The summed E-state index contributed by atoms with van der Waals surface area (Å²) in [6, 6.07) is 6.23. The Balaban J connectivity index is 2.58. The Morgan fingerprint density at radius 1 is 1.30 bits per heavy atom. The van der Waals surface area contributed by atoms with Gasteiger partial charge in [-0.1, -0.05) is 30.7 Å². The van der Waals surface area contributed by atoms with Crippen LogP contribution in [0.2, 0.25) is 5.15 Å². The van der Waals surface area contributed by atoms with Crippen molar-refractivity contribution in [3.05, 3.63) is 40.8 Å². The third kappa shape index (κ3) is 3.77. The van der Waals surface area contributed by atoms with Crippen molar-refractivity contribution in [1.82, 2.24) is 9.97 Å². The molecule has 7 nitrogen and oxygen atoms in total. The van der Waals surface area contributed by atoms with Crippen LogP contribution < -0.4 is 11.1 Å². The lowest BCUT2D eigenvalue weighted by Crippen LogP contribution is -2.18. The minimum atomic E-state index is -3.47. The number of aryl methyl sites for hydroxylation is 1. The maximum Gasteiger partial charge on any atom is 0.271 e. The summed E-state index contributed by atoms with van der Waals surface area (Å²) in [6.45, 7) is 1.81. The van der Waals surface area contributed by atoms with E-state index in [1.165, 1.54) is 6.07 Å². The first-order chi connectivity index (χ1) is 10.7. The summed E-state index contributed by atoms with van der Waals surface area (Å²) in [4.78, 5) is 19.8. The Morgan fingerprint density at radius 2 is 1.96 bits per heavy atom. The van der Waals surface area contributed by atoms with Crippen LogP contribution in [0.5, 0.6) is 0 Å². The average Bonchev–Trinajstić information content (AvgIpc) is 2.46. The first-order valence-electron chi connectivity index (χ1n) is 6.66. The molecule has 0 radical (unpaired) electrons. The van der Waals surface area contributed by atoms with Crippen molar-refractivity contribution < 1.29 is 13.2 Å². The van der Waals surface area contributed by atoms with Crippen molar-refractivity contribution in [2.75, 3.05) is 11.6 Å². The molecule has 0 saturated carbocycles. The monoisotopic (exact) mass is 354 g/mol. The van der Waals surface area contributed by atoms with Gasteiger partial charge in [-0.05, 0) is 18.6 Å². The standard InChI is InChI=1S/C14H15ClN4O3S/c1-3-8-12(15)19-14(11(17-8)13(16)20)18-9-6-4-5-7-10(9)23(2,21)22/h4-7H,3H2,1-2H3,(H2,16,20)(H,18,19). The molecule has 1 aromatic heterocycles. The summed E-state index contributed by atoms with van der Waals surface area (Å²) in [5, 5.41) is 2.91. The number of carbonyl (C=O) groups is 1. The highest BCUT2D eigenvalue weighted by Gasteiger charge is 2.19. The molecule has 2 rings (SSSR count). The molecule has 122 valence electrons. The molecule has 1 aromatic carbocycles. The van der Waals surface area contributed by atoms with Gasteiger partial charge in [0.05, 0.1) is 16.3 Å². The smallest absolute Gasteiger partial charge is 0.271 e. The molecule has 0 aliphatic carbocycles. The van der Waals surface area contributed by atoms with Crippen molar-refractivity contribution in [3.8, 4) is 0 Å². The van der Waals surface area contributed by atoms with Gasteiger partial charge >= 0.3 is 0 Å². The van der Waals surface area contributed by atoms with Crippen LogP contribution in [0.25, 0.3) is 0 Å². The maximum absolute atomic E-state index is 11.8. The number of anilines is 2. The summed E-state index contributed by atoms with van der Waals surface area (Å²) in [5.41, 5.74) is 5.91. The lowest BCUT2D eigenvalue weighted by molar-refractivity contribution is 0.0996. The number of hydrogen-bond acceptors (Lipinski definition) is 6. The molecule has 0 aliphatic heterocycles. The Labute approximate surface area is 138 Å². The van der Waals surface area contributed by atoms with E-state index in [1.807, 2.05) is 6.92 Å². The number of halogens is 1. The van der Waals surface area contributed by atoms with Gasteiger partial charge in [0.1, 0.15) is 0 Å². The molecule has 0 atom stereocenters. The summed E-state index contributed by atoms with van der Waals surface area (Å²) in [5.74, 6) is -0.779.